The molecule has 1 rings (SSSR count). The molecule has 1 aromatic rings. The van der Waals surface area contributed by atoms with Crippen LogP contribution >= 0.6 is 0 Å². The highest BCUT2D eigenvalue weighted by Gasteiger charge is 2.21. The third-order valence-corrected chi connectivity index (χ3v) is 5.97. The van der Waals surface area contributed by atoms with E-state index >= 15 is 0 Å². The Morgan fingerprint density at radius 2 is 0.926 bits per heavy atom. The van der Waals surface area contributed by atoms with Crippen molar-refractivity contribution in [1.82, 2.24) is 0 Å². The minimum Gasteiger partial charge on any atom is -0.507 e. The van der Waals surface area contributed by atoms with E-state index in [0.717, 1.165) is 38.5 Å². The summed E-state index contributed by atoms with van der Waals surface area (Å²) in [6, 6.07) is 0. The van der Waals surface area contributed by atoms with Crippen LogP contribution in [-0.2, 0) is 32.1 Å². The SMILES string of the molecule is CCCCCCCc1c(O)c(CCCC)c(CCCC)c(CC)c1CCC. The summed E-state index contributed by atoms with van der Waals surface area (Å²) in [5, 5.41) is 11.3. The van der Waals surface area contributed by atoms with Gasteiger partial charge in [-0.15, -0.1) is 0 Å². The van der Waals surface area contributed by atoms with Crippen molar-refractivity contribution < 1.29 is 5.11 Å². The summed E-state index contributed by atoms with van der Waals surface area (Å²) in [5.41, 5.74) is 7.18. The average Bonchev–Trinajstić information content (AvgIpc) is 2.67. The summed E-state index contributed by atoms with van der Waals surface area (Å²) < 4.78 is 0. The summed E-state index contributed by atoms with van der Waals surface area (Å²) in [4.78, 5) is 0. The van der Waals surface area contributed by atoms with Crippen LogP contribution in [-0.4, -0.2) is 5.11 Å². The van der Waals surface area contributed by atoms with Crippen LogP contribution in [0.15, 0.2) is 0 Å². The zero-order valence-electron chi connectivity index (χ0n) is 19.1. The number of aromatic hydroxyl groups is 1. The van der Waals surface area contributed by atoms with Crippen molar-refractivity contribution in [2.75, 3.05) is 0 Å². The molecule has 1 aromatic carbocycles. The van der Waals surface area contributed by atoms with Gasteiger partial charge in [0.05, 0.1) is 0 Å². The van der Waals surface area contributed by atoms with Gasteiger partial charge in [0.15, 0.2) is 0 Å². The van der Waals surface area contributed by atoms with Crippen molar-refractivity contribution in [2.24, 2.45) is 0 Å². The van der Waals surface area contributed by atoms with E-state index in [1.54, 1.807) is 5.56 Å². The number of phenolic OH excluding ortho intramolecular Hbond substituents is 1. The van der Waals surface area contributed by atoms with E-state index in [2.05, 4.69) is 34.6 Å². The predicted octanol–water partition coefficient (Wildman–Crippen LogP) is 8.11. The summed E-state index contributed by atoms with van der Waals surface area (Å²) in [6.45, 7) is 11.4. The highest BCUT2D eigenvalue weighted by atomic mass is 16.3. The largest absolute Gasteiger partial charge is 0.507 e. The molecule has 0 amide bonds. The van der Waals surface area contributed by atoms with E-state index in [4.69, 9.17) is 0 Å². The number of hydrogen-bond acceptors (Lipinski definition) is 1. The molecule has 0 bridgehead atoms. The lowest BCUT2D eigenvalue weighted by molar-refractivity contribution is 0.454. The minimum atomic E-state index is 0.672. The fraction of sp³-hybridized carbons (Fsp3) is 0.769. The van der Waals surface area contributed by atoms with Gasteiger partial charge in [0.2, 0.25) is 0 Å². The molecule has 1 N–H and O–H groups in total. The van der Waals surface area contributed by atoms with Crippen LogP contribution in [0.25, 0.3) is 0 Å². The number of benzene rings is 1. The maximum atomic E-state index is 11.3. The van der Waals surface area contributed by atoms with Gasteiger partial charge in [-0.1, -0.05) is 79.6 Å². The van der Waals surface area contributed by atoms with Crippen LogP contribution in [0.5, 0.6) is 5.75 Å². The second kappa shape index (κ2) is 14.1. The topological polar surface area (TPSA) is 20.2 Å². The number of hydrogen-bond donors (Lipinski definition) is 1. The average molecular weight is 375 g/mol. The fourth-order valence-electron chi connectivity index (χ4n) is 4.45. The molecule has 0 aliphatic rings. The van der Waals surface area contributed by atoms with Gasteiger partial charge in [0.1, 0.15) is 5.75 Å². The molecule has 156 valence electrons. The van der Waals surface area contributed by atoms with Crippen LogP contribution in [0.2, 0.25) is 0 Å². The first-order valence-corrected chi connectivity index (χ1v) is 12.0. The van der Waals surface area contributed by atoms with Crippen molar-refractivity contribution in [1.29, 1.82) is 0 Å². The minimum absolute atomic E-state index is 0.672. The third-order valence-electron chi connectivity index (χ3n) is 5.97. The number of phenols is 1. The molecule has 0 fully saturated rings. The first-order valence-electron chi connectivity index (χ1n) is 12.0. The Balaban J connectivity index is 3.31. The Morgan fingerprint density at radius 3 is 1.44 bits per heavy atom. The zero-order chi connectivity index (χ0) is 20.1. The summed E-state index contributed by atoms with van der Waals surface area (Å²) in [6.07, 6.45) is 17.9. The Labute approximate surface area is 170 Å². The standard InChI is InChI=1S/C26H46O/c1-6-11-14-15-16-20-25-22(17-9-4)21(10-5)23(18-12-7-2)24(26(25)27)19-13-8-3/h27H,6-20H2,1-5H3. The Bertz CT molecular complexity index is 530. The van der Waals surface area contributed by atoms with Crippen molar-refractivity contribution in [2.45, 2.75) is 131 Å². The molecule has 0 saturated heterocycles. The molecular weight excluding hydrogens is 328 g/mol. The molecule has 0 aliphatic carbocycles. The van der Waals surface area contributed by atoms with Gasteiger partial charge in [-0.2, -0.15) is 0 Å². The summed E-state index contributed by atoms with van der Waals surface area (Å²) >= 11 is 0. The summed E-state index contributed by atoms with van der Waals surface area (Å²) in [7, 11) is 0. The molecule has 27 heavy (non-hydrogen) atoms. The van der Waals surface area contributed by atoms with Gasteiger partial charge in [0.25, 0.3) is 0 Å². The van der Waals surface area contributed by atoms with Crippen LogP contribution in [0, 0.1) is 0 Å². The van der Waals surface area contributed by atoms with Gasteiger partial charge >= 0.3 is 0 Å². The molecule has 0 aliphatic heterocycles. The molecule has 0 saturated carbocycles. The second-order valence-electron chi connectivity index (χ2n) is 8.22. The Morgan fingerprint density at radius 1 is 0.444 bits per heavy atom. The second-order valence-corrected chi connectivity index (χ2v) is 8.22. The van der Waals surface area contributed by atoms with E-state index in [0.29, 0.717) is 5.75 Å². The lowest BCUT2D eigenvalue weighted by Gasteiger charge is -2.24. The Hall–Kier alpha value is -0.980. The van der Waals surface area contributed by atoms with Crippen LogP contribution in [0.1, 0.15) is 127 Å². The molecule has 0 heterocycles. The van der Waals surface area contributed by atoms with Gasteiger partial charge in [0, 0.05) is 0 Å². The first-order chi connectivity index (χ1) is 13.2. The Kier molecular flexibility index (Phi) is 12.5. The van der Waals surface area contributed by atoms with Crippen LogP contribution in [0.3, 0.4) is 0 Å². The molecule has 0 radical (unpaired) electrons. The van der Waals surface area contributed by atoms with E-state index in [1.807, 2.05) is 0 Å². The predicted molar refractivity (Wildman–Crippen MR) is 121 cm³/mol. The van der Waals surface area contributed by atoms with Gasteiger partial charge < -0.3 is 5.11 Å². The van der Waals surface area contributed by atoms with E-state index < -0.39 is 0 Å². The third kappa shape index (κ3) is 7.16. The van der Waals surface area contributed by atoms with Gasteiger partial charge in [-0.3, -0.25) is 0 Å². The van der Waals surface area contributed by atoms with Crippen molar-refractivity contribution in [3.8, 4) is 5.75 Å². The summed E-state index contributed by atoms with van der Waals surface area (Å²) in [5.74, 6) is 0.672. The normalized spacial score (nSPS) is 11.3. The fourth-order valence-corrected chi connectivity index (χ4v) is 4.45. The quantitative estimate of drug-likeness (QED) is 0.307. The maximum absolute atomic E-state index is 11.3. The number of rotatable bonds is 15. The van der Waals surface area contributed by atoms with E-state index in [9.17, 15) is 5.11 Å². The van der Waals surface area contributed by atoms with Gasteiger partial charge in [-0.25, -0.2) is 0 Å². The molecule has 1 nitrogen and oxygen atoms in total. The van der Waals surface area contributed by atoms with Crippen LogP contribution < -0.4 is 0 Å². The van der Waals surface area contributed by atoms with Crippen molar-refractivity contribution in [3.05, 3.63) is 27.8 Å². The van der Waals surface area contributed by atoms with Crippen LogP contribution in [0.4, 0.5) is 0 Å². The molecule has 1 heteroatoms. The maximum Gasteiger partial charge on any atom is 0.122 e. The molecule has 0 unspecified atom stereocenters. The molecule has 0 spiro atoms. The van der Waals surface area contributed by atoms with Gasteiger partial charge in [-0.05, 0) is 79.2 Å². The smallest absolute Gasteiger partial charge is 0.122 e. The van der Waals surface area contributed by atoms with E-state index in [-0.39, 0.29) is 0 Å². The highest BCUT2D eigenvalue weighted by molar-refractivity contribution is 5.56. The lowest BCUT2D eigenvalue weighted by atomic mass is 9.82. The van der Waals surface area contributed by atoms with E-state index in [1.165, 1.54) is 80.0 Å². The number of unbranched alkanes of at least 4 members (excludes halogenated alkanes) is 6. The molecule has 0 aromatic heterocycles. The monoisotopic (exact) mass is 374 g/mol. The van der Waals surface area contributed by atoms with Crippen molar-refractivity contribution in [3.63, 3.8) is 0 Å². The molecular formula is C26H46O. The lowest BCUT2D eigenvalue weighted by Crippen LogP contribution is -2.10. The molecule has 0 atom stereocenters. The highest BCUT2D eigenvalue weighted by Crippen LogP contribution is 2.37. The zero-order valence-corrected chi connectivity index (χ0v) is 19.1. The first kappa shape index (κ1) is 24.1. The van der Waals surface area contributed by atoms with Crippen molar-refractivity contribution >= 4 is 0 Å².